The van der Waals surface area contributed by atoms with Crippen LogP contribution in [0.25, 0.3) is 22.6 Å². The van der Waals surface area contributed by atoms with E-state index in [2.05, 4.69) is 15.0 Å². The van der Waals surface area contributed by atoms with Crippen molar-refractivity contribution < 1.29 is 13.2 Å². The molecule has 0 spiro atoms. The van der Waals surface area contributed by atoms with E-state index < -0.39 is 10.0 Å². The Bertz CT molecular complexity index is 1380. The Hall–Kier alpha value is -3.56. The molecule has 2 N–H and O–H groups in total. The van der Waals surface area contributed by atoms with Gasteiger partial charge in [-0.3, -0.25) is 4.79 Å². The quantitative estimate of drug-likeness (QED) is 0.450. The molecule has 0 bridgehead atoms. The molecule has 9 heteroatoms. The lowest BCUT2D eigenvalue weighted by Crippen LogP contribution is -2.28. The smallest absolute Gasteiger partial charge is 0.242 e. The molecule has 0 fully saturated rings. The monoisotopic (exact) mass is 449 g/mol. The van der Waals surface area contributed by atoms with Crippen LogP contribution in [0.15, 0.2) is 71.8 Å². The van der Waals surface area contributed by atoms with Gasteiger partial charge in [-0.2, -0.15) is 0 Å². The first-order valence-electron chi connectivity index (χ1n) is 10.1. The number of hydrogen-bond acceptors (Lipinski definition) is 5. The summed E-state index contributed by atoms with van der Waals surface area (Å²) in [6.45, 7) is 3.59. The Morgan fingerprint density at radius 3 is 2.59 bits per heavy atom. The number of pyridine rings is 1. The summed E-state index contributed by atoms with van der Waals surface area (Å²) in [5, 5.41) is 2.58. The van der Waals surface area contributed by atoms with Crippen LogP contribution in [0.3, 0.4) is 0 Å². The van der Waals surface area contributed by atoms with Gasteiger partial charge in [-0.1, -0.05) is 36.4 Å². The second kappa shape index (κ2) is 8.89. The number of sulfonamides is 1. The number of benzene rings is 2. The average molecular weight is 450 g/mol. The van der Waals surface area contributed by atoms with Crippen LogP contribution in [0.4, 0.5) is 5.69 Å². The summed E-state index contributed by atoms with van der Waals surface area (Å²) in [7, 11) is -3.86. The molecule has 1 amide bonds. The number of aryl methyl sites for hydroxylation is 1. The predicted molar refractivity (Wildman–Crippen MR) is 124 cm³/mol. The molecule has 0 saturated carbocycles. The zero-order valence-corrected chi connectivity index (χ0v) is 18.6. The molecule has 4 aromatic rings. The molecule has 4 rings (SSSR count). The number of nitrogens with one attached hydrogen (secondary N) is 2. The Morgan fingerprint density at radius 1 is 1.06 bits per heavy atom. The van der Waals surface area contributed by atoms with E-state index in [1.807, 2.05) is 47.0 Å². The summed E-state index contributed by atoms with van der Waals surface area (Å²) in [6, 6.07) is 18.3. The van der Waals surface area contributed by atoms with Gasteiger partial charge in [0, 0.05) is 31.8 Å². The molecule has 164 valence electrons. The van der Waals surface area contributed by atoms with E-state index in [0.717, 1.165) is 16.6 Å². The highest BCUT2D eigenvalue weighted by Crippen LogP contribution is 2.24. The highest BCUT2D eigenvalue weighted by atomic mass is 32.2. The number of rotatable bonds is 7. The van der Waals surface area contributed by atoms with E-state index in [4.69, 9.17) is 4.98 Å². The number of nitrogens with zero attached hydrogens (tertiary/aromatic N) is 3. The third-order valence-corrected chi connectivity index (χ3v) is 6.40. The molecule has 0 saturated heterocycles. The summed E-state index contributed by atoms with van der Waals surface area (Å²) in [5.41, 5.74) is 3.35. The fourth-order valence-electron chi connectivity index (χ4n) is 3.49. The van der Waals surface area contributed by atoms with Crippen LogP contribution < -0.4 is 10.0 Å². The van der Waals surface area contributed by atoms with Crippen LogP contribution in [-0.2, 0) is 21.4 Å². The first kappa shape index (κ1) is 21.7. The average Bonchev–Trinajstić information content (AvgIpc) is 3.14. The molecule has 0 aliphatic heterocycles. The van der Waals surface area contributed by atoms with Crippen LogP contribution >= 0.6 is 0 Å². The zero-order chi connectivity index (χ0) is 22.7. The molecule has 8 nitrogen and oxygen atoms in total. The predicted octanol–water partition coefficient (Wildman–Crippen LogP) is 3.34. The number of anilines is 1. The summed E-state index contributed by atoms with van der Waals surface area (Å²) in [5.74, 6) is 0.377. The van der Waals surface area contributed by atoms with Crippen LogP contribution in [-0.4, -0.2) is 35.4 Å². The van der Waals surface area contributed by atoms with Crippen molar-refractivity contribution in [2.24, 2.45) is 0 Å². The van der Waals surface area contributed by atoms with Gasteiger partial charge in [0.05, 0.1) is 5.69 Å². The van der Waals surface area contributed by atoms with Gasteiger partial charge in [-0.15, -0.1) is 0 Å². The molecule has 2 aromatic carbocycles. The second-order valence-electron chi connectivity index (χ2n) is 7.38. The Kier molecular flexibility index (Phi) is 6.02. The number of hydrogen-bond donors (Lipinski definition) is 2. The molecule has 0 radical (unpaired) electrons. The van der Waals surface area contributed by atoms with Gasteiger partial charge in [-0.05, 0) is 36.8 Å². The number of aromatic nitrogens is 3. The molecule has 32 heavy (non-hydrogen) atoms. The van der Waals surface area contributed by atoms with Gasteiger partial charge in [0.25, 0.3) is 0 Å². The fourth-order valence-corrected chi connectivity index (χ4v) is 4.76. The molecule has 0 aliphatic rings. The largest absolute Gasteiger partial charge is 0.325 e. The lowest BCUT2D eigenvalue weighted by molar-refractivity contribution is -0.114. The number of carbonyl (C=O) groups excluding carboxylic acids is 1. The topological polar surface area (TPSA) is 106 Å². The Labute approximate surface area is 186 Å². The molecule has 0 atom stereocenters. The van der Waals surface area contributed by atoms with Crippen molar-refractivity contribution >= 4 is 32.8 Å². The van der Waals surface area contributed by atoms with Crippen LogP contribution in [0.1, 0.15) is 12.5 Å². The maximum Gasteiger partial charge on any atom is 0.242 e. The van der Waals surface area contributed by atoms with Crippen LogP contribution in [0.2, 0.25) is 0 Å². The summed E-state index contributed by atoms with van der Waals surface area (Å²) in [4.78, 5) is 20.7. The second-order valence-corrected chi connectivity index (χ2v) is 9.11. The lowest BCUT2D eigenvalue weighted by atomic mass is 10.2. The van der Waals surface area contributed by atoms with E-state index >= 15 is 0 Å². The number of carbonyl (C=O) groups is 1. The van der Waals surface area contributed by atoms with E-state index in [-0.39, 0.29) is 23.0 Å². The van der Waals surface area contributed by atoms with Crippen LogP contribution in [0, 0.1) is 6.92 Å². The minimum absolute atomic E-state index is 0.0320. The van der Waals surface area contributed by atoms with Crippen molar-refractivity contribution in [2.75, 3.05) is 11.9 Å². The molecular formula is C23H23N5O3S. The van der Waals surface area contributed by atoms with Crippen molar-refractivity contribution in [3.05, 3.63) is 72.4 Å². The normalized spacial score (nSPS) is 11.6. The Balaban J connectivity index is 1.62. The maximum atomic E-state index is 13.0. The maximum absolute atomic E-state index is 13.0. The van der Waals surface area contributed by atoms with E-state index in [0.29, 0.717) is 18.0 Å². The SMILES string of the molecule is CC(=O)Nc1ccc(C)cc1S(=O)(=O)NCCn1c(-c2ccccc2)nc2cccnc21. The Morgan fingerprint density at radius 2 is 1.84 bits per heavy atom. The van der Waals surface area contributed by atoms with E-state index in [1.54, 1.807) is 25.3 Å². The van der Waals surface area contributed by atoms with Crippen molar-refractivity contribution in [3.63, 3.8) is 0 Å². The third kappa shape index (κ3) is 4.53. The fraction of sp³-hybridized carbons (Fsp3) is 0.174. The van der Waals surface area contributed by atoms with Gasteiger partial charge in [0.2, 0.25) is 15.9 Å². The summed E-state index contributed by atoms with van der Waals surface area (Å²) in [6.07, 6.45) is 1.69. The third-order valence-electron chi connectivity index (χ3n) is 4.90. The van der Waals surface area contributed by atoms with Crippen molar-refractivity contribution in [3.8, 4) is 11.4 Å². The lowest BCUT2D eigenvalue weighted by Gasteiger charge is -2.14. The number of imidazole rings is 1. The van der Waals surface area contributed by atoms with Gasteiger partial charge < -0.3 is 9.88 Å². The van der Waals surface area contributed by atoms with Crippen molar-refractivity contribution in [1.82, 2.24) is 19.3 Å². The molecule has 2 aromatic heterocycles. The summed E-state index contributed by atoms with van der Waals surface area (Å²) >= 11 is 0. The van der Waals surface area contributed by atoms with Gasteiger partial charge in [-0.25, -0.2) is 23.1 Å². The van der Waals surface area contributed by atoms with E-state index in [9.17, 15) is 13.2 Å². The highest BCUT2D eigenvalue weighted by molar-refractivity contribution is 7.89. The zero-order valence-electron chi connectivity index (χ0n) is 17.7. The molecule has 0 unspecified atom stereocenters. The van der Waals surface area contributed by atoms with Gasteiger partial charge in [0.1, 0.15) is 16.2 Å². The van der Waals surface area contributed by atoms with Gasteiger partial charge >= 0.3 is 0 Å². The first-order chi connectivity index (χ1) is 15.3. The number of fused-ring (bicyclic) bond motifs is 1. The van der Waals surface area contributed by atoms with Crippen LogP contribution in [0.5, 0.6) is 0 Å². The van der Waals surface area contributed by atoms with Crippen molar-refractivity contribution in [1.29, 1.82) is 0 Å². The molecule has 2 heterocycles. The van der Waals surface area contributed by atoms with Gasteiger partial charge in [0.15, 0.2) is 5.65 Å². The molecule has 0 aliphatic carbocycles. The standard InChI is InChI=1S/C23H23N5O3S/c1-16-10-11-19(26-17(2)29)21(15-16)32(30,31)25-13-14-28-22(18-7-4-3-5-8-18)27-20-9-6-12-24-23(20)28/h3-12,15,25H,13-14H2,1-2H3,(H,26,29). The van der Waals surface area contributed by atoms with E-state index in [1.165, 1.54) is 13.0 Å². The minimum Gasteiger partial charge on any atom is -0.325 e. The highest BCUT2D eigenvalue weighted by Gasteiger charge is 2.20. The van der Waals surface area contributed by atoms with Crippen molar-refractivity contribution in [2.45, 2.75) is 25.3 Å². The number of amides is 1. The first-order valence-corrected chi connectivity index (χ1v) is 11.6. The minimum atomic E-state index is -3.86. The summed E-state index contributed by atoms with van der Waals surface area (Å²) < 4.78 is 30.6. The molecular weight excluding hydrogens is 426 g/mol.